The molecule has 0 radical (unpaired) electrons. The average molecular weight is 301 g/mol. The Labute approximate surface area is 125 Å². The van der Waals surface area contributed by atoms with E-state index in [2.05, 4.69) is 17.1 Å². The van der Waals surface area contributed by atoms with Crippen LogP contribution >= 0.6 is 12.4 Å². The maximum absolute atomic E-state index is 13.7. The van der Waals surface area contributed by atoms with Gasteiger partial charge in [-0.1, -0.05) is 19.1 Å². The van der Waals surface area contributed by atoms with Crippen molar-refractivity contribution in [1.29, 1.82) is 0 Å². The maximum atomic E-state index is 13.7. The maximum Gasteiger partial charge on any atom is 0.165 e. The lowest BCUT2D eigenvalue weighted by Gasteiger charge is -2.30. The molecule has 1 saturated heterocycles. The van der Waals surface area contributed by atoms with Gasteiger partial charge in [0.1, 0.15) is 6.61 Å². The second kappa shape index (κ2) is 6.29. The number of halogens is 2. The Morgan fingerprint density at radius 1 is 1.45 bits per heavy atom. The van der Waals surface area contributed by atoms with Gasteiger partial charge in [0, 0.05) is 31.7 Å². The molecule has 0 aromatic heterocycles. The van der Waals surface area contributed by atoms with Crippen molar-refractivity contribution in [2.45, 2.75) is 19.9 Å². The monoisotopic (exact) mass is 300 g/mol. The third-order valence-electron chi connectivity index (χ3n) is 4.16. The SMILES string of the molecule is CC1(CN2CCOc3c(F)cccc3C2)CCNC1.Cl. The predicted octanol–water partition coefficient (Wildman–Crippen LogP) is 2.44. The third-order valence-corrected chi connectivity index (χ3v) is 4.16. The first kappa shape index (κ1) is 15.5. The van der Waals surface area contributed by atoms with Crippen molar-refractivity contribution in [2.24, 2.45) is 5.41 Å². The molecule has 2 aliphatic heterocycles. The largest absolute Gasteiger partial charge is 0.489 e. The number of hydrogen-bond acceptors (Lipinski definition) is 3. The molecule has 1 atom stereocenters. The smallest absolute Gasteiger partial charge is 0.165 e. The van der Waals surface area contributed by atoms with E-state index < -0.39 is 0 Å². The minimum absolute atomic E-state index is 0. The van der Waals surface area contributed by atoms with Gasteiger partial charge >= 0.3 is 0 Å². The molecule has 0 saturated carbocycles. The molecule has 3 rings (SSSR count). The highest BCUT2D eigenvalue weighted by atomic mass is 35.5. The lowest BCUT2D eigenvalue weighted by Crippen LogP contribution is -2.38. The number of nitrogens with zero attached hydrogens (tertiary/aromatic N) is 1. The molecule has 0 bridgehead atoms. The van der Waals surface area contributed by atoms with E-state index in [1.54, 1.807) is 6.07 Å². The van der Waals surface area contributed by atoms with Crippen molar-refractivity contribution in [3.8, 4) is 5.75 Å². The molecule has 0 amide bonds. The van der Waals surface area contributed by atoms with Gasteiger partial charge in [-0.05, 0) is 24.4 Å². The minimum atomic E-state index is -0.243. The van der Waals surface area contributed by atoms with Crippen LogP contribution in [0.4, 0.5) is 4.39 Å². The molecule has 2 heterocycles. The summed E-state index contributed by atoms with van der Waals surface area (Å²) in [7, 11) is 0. The lowest BCUT2D eigenvalue weighted by molar-refractivity contribution is 0.157. The van der Waals surface area contributed by atoms with E-state index in [9.17, 15) is 4.39 Å². The van der Waals surface area contributed by atoms with Crippen LogP contribution < -0.4 is 10.1 Å². The van der Waals surface area contributed by atoms with Gasteiger partial charge in [-0.3, -0.25) is 4.90 Å². The van der Waals surface area contributed by atoms with Crippen LogP contribution in [-0.2, 0) is 6.54 Å². The van der Waals surface area contributed by atoms with Gasteiger partial charge in [0.2, 0.25) is 0 Å². The average Bonchev–Trinajstić information content (AvgIpc) is 2.68. The van der Waals surface area contributed by atoms with E-state index in [-0.39, 0.29) is 18.2 Å². The van der Waals surface area contributed by atoms with Gasteiger partial charge in [0.25, 0.3) is 0 Å². The highest BCUT2D eigenvalue weighted by Crippen LogP contribution is 2.30. The fourth-order valence-electron chi connectivity index (χ4n) is 3.11. The topological polar surface area (TPSA) is 24.5 Å². The van der Waals surface area contributed by atoms with Gasteiger partial charge in [-0.2, -0.15) is 0 Å². The van der Waals surface area contributed by atoms with E-state index in [1.807, 2.05) is 6.07 Å². The van der Waals surface area contributed by atoms with Crippen molar-refractivity contribution >= 4 is 12.4 Å². The summed E-state index contributed by atoms with van der Waals surface area (Å²) in [6, 6.07) is 5.20. The van der Waals surface area contributed by atoms with E-state index in [0.29, 0.717) is 17.8 Å². The van der Waals surface area contributed by atoms with Crippen LogP contribution in [0.5, 0.6) is 5.75 Å². The third kappa shape index (κ3) is 3.25. The summed E-state index contributed by atoms with van der Waals surface area (Å²) in [5, 5.41) is 3.43. The zero-order chi connectivity index (χ0) is 13.3. The second-order valence-electron chi connectivity index (χ2n) is 6.02. The molecule has 1 aromatic carbocycles. The van der Waals surface area contributed by atoms with Crippen molar-refractivity contribution in [3.05, 3.63) is 29.6 Å². The Morgan fingerprint density at radius 3 is 3.05 bits per heavy atom. The molecule has 0 spiro atoms. The van der Waals surface area contributed by atoms with Crippen molar-refractivity contribution in [2.75, 3.05) is 32.8 Å². The summed E-state index contributed by atoms with van der Waals surface area (Å²) >= 11 is 0. The lowest BCUT2D eigenvalue weighted by atomic mass is 9.89. The van der Waals surface area contributed by atoms with Gasteiger partial charge < -0.3 is 10.1 Å². The first-order valence-corrected chi connectivity index (χ1v) is 7.00. The summed E-state index contributed by atoms with van der Waals surface area (Å²) in [4.78, 5) is 2.39. The fourth-order valence-corrected chi connectivity index (χ4v) is 3.11. The molecule has 0 aliphatic carbocycles. The molecule has 5 heteroatoms. The molecule has 112 valence electrons. The van der Waals surface area contributed by atoms with Crippen molar-refractivity contribution in [1.82, 2.24) is 10.2 Å². The van der Waals surface area contributed by atoms with Crippen LogP contribution in [0, 0.1) is 11.2 Å². The Morgan fingerprint density at radius 2 is 2.30 bits per heavy atom. The molecule has 1 unspecified atom stereocenters. The molecule has 1 N–H and O–H groups in total. The standard InChI is InChI=1S/C15H21FN2O.ClH/c1-15(5-6-17-10-15)11-18-7-8-19-14-12(9-18)3-2-4-13(14)16;/h2-4,17H,5-11H2,1H3;1H. The van der Waals surface area contributed by atoms with Crippen LogP contribution in [0.25, 0.3) is 0 Å². The molecule has 2 aliphatic rings. The van der Waals surface area contributed by atoms with Gasteiger partial charge in [-0.15, -0.1) is 12.4 Å². The van der Waals surface area contributed by atoms with E-state index in [4.69, 9.17) is 4.74 Å². The number of rotatable bonds is 2. The molecular weight excluding hydrogens is 279 g/mol. The molecular formula is C15H22ClFN2O. The molecule has 3 nitrogen and oxygen atoms in total. The quantitative estimate of drug-likeness (QED) is 0.908. The first-order chi connectivity index (χ1) is 9.16. The van der Waals surface area contributed by atoms with Crippen molar-refractivity contribution < 1.29 is 9.13 Å². The number of benzene rings is 1. The summed E-state index contributed by atoms with van der Waals surface area (Å²) in [5.74, 6) is 0.202. The van der Waals surface area contributed by atoms with Crippen LogP contribution in [0.2, 0.25) is 0 Å². The molecule has 1 aromatic rings. The molecule has 1 fully saturated rings. The number of hydrogen-bond donors (Lipinski definition) is 1. The summed E-state index contributed by atoms with van der Waals surface area (Å²) in [6.45, 7) is 7.75. The normalized spacial score (nSPS) is 26.3. The minimum Gasteiger partial charge on any atom is -0.489 e. The summed E-state index contributed by atoms with van der Waals surface area (Å²) in [5.41, 5.74) is 1.30. The zero-order valence-electron chi connectivity index (χ0n) is 11.8. The number of fused-ring (bicyclic) bond motifs is 1. The van der Waals surface area contributed by atoms with Crippen LogP contribution in [0.3, 0.4) is 0 Å². The number of para-hydroxylation sites is 1. The molecule has 20 heavy (non-hydrogen) atoms. The Bertz CT molecular complexity index is 463. The summed E-state index contributed by atoms with van der Waals surface area (Å²) < 4.78 is 19.3. The Hall–Kier alpha value is -0.840. The number of nitrogens with one attached hydrogen (secondary N) is 1. The van der Waals surface area contributed by atoms with E-state index in [0.717, 1.165) is 38.3 Å². The zero-order valence-corrected chi connectivity index (χ0v) is 12.6. The van der Waals surface area contributed by atoms with Crippen molar-refractivity contribution in [3.63, 3.8) is 0 Å². The second-order valence-corrected chi connectivity index (χ2v) is 6.02. The predicted molar refractivity (Wildman–Crippen MR) is 80.0 cm³/mol. The van der Waals surface area contributed by atoms with Gasteiger partial charge in [-0.25, -0.2) is 4.39 Å². The van der Waals surface area contributed by atoms with Crippen LogP contribution in [-0.4, -0.2) is 37.7 Å². The van der Waals surface area contributed by atoms with E-state index in [1.165, 1.54) is 12.5 Å². The van der Waals surface area contributed by atoms with Crippen LogP contribution in [0.1, 0.15) is 18.9 Å². The highest BCUT2D eigenvalue weighted by Gasteiger charge is 2.31. The Balaban J connectivity index is 0.00000147. The van der Waals surface area contributed by atoms with Crippen LogP contribution in [0.15, 0.2) is 18.2 Å². The fraction of sp³-hybridized carbons (Fsp3) is 0.600. The Kier molecular flexibility index (Phi) is 4.89. The first-order valence-electron chi connectivity index (χ1n) is 7.00. The number of ether oxygens (including phenoxy) is 1. The summed E-state index contributed by atoms with van der Waals surface area (Å²) in [6.07, 6.45) is 1.21. The van der Waals surface area contributed by atoms with E-state index >= 15 is 0 Å². The van der Waals surface area contributed by atoms with Gasteiger partial charge in [0.05, 0.1) is 0 Å². The van der Waals surface area contributed by atoms with Gasteiger partial charge in [0.15, 0.2) is 11.6 Å². The highest BCUT2D eigenvalue weighted by molar-refractivity contribution is 5.85.